The second-order valence-electron chi connectivity index (χ2n) is 6.21. The van der Waals surface area contributed by atoms with Crippen molar-refractivity contribution in [2.24, 2.45) is 11.0 Å². The van der Waals surface area contributed by atoms with Gasteiger partial charge in [0.25, 0.3) is 5.91 Å². The first-order valence-electron chi connectivity index (χ1n) is 8.27. The molecule has 1 unspecified atom stereocenters. The van der Waals surface area contributed by atoms with Gasteiger partial charge in [-0.3, -0.25) is 4.79 Å². The molecule has 3 rings (SSSR count). The molecule has 0 saturated carbocycles. The van der Waals surface area contributed by atoms with Gasteiger partial charge in [0.1, 0.15) is 11.5 Å². The minimum Gasteiger partial charge on any atom is -0.497 e. The largest absolute Gasteiger partial charge is 0.497 e. The summed E-state index contributed by atoms with van der Waals surface area (Å²) >= 11 is 1.58. The number of aryl methyl sites for hydroxylation is 1. The standard InChI is InChI=1S/C19H22N2O3S/c1-12-4-7-17-14(8-12)9-18(25-17)19(22)21-20-11-13-5-6-15(23-2)10-16(13)24-3/h5-6,9-12H,4,7-8H2,1-3H3,(H,21,22)/b20-11+. The molecule has 0 radical (unpaired) electrons. The van der Waals surface area contributed by atoms with E-state index in [0.29, 0.717) is 17.4 Å². The van der Waals surface area contributed by atoms with E-state index in [4.69, 9.17) is 9.47 Å². The van der Waals surface area contributed by atoms with E-state index >= 15 is 0 Å². The van der Waals surface area contributed by atoms with Crippen molar-refractivity contribution in [1.29, 1.82) is 0 Å². The second kappa shape index (κ2) is 7.70. The summed E-state index contributed by atoms with van der Waals surface area (Å²) in [5, 5.41) is 4.06. The van der Waals surface area contributed by atoms with Crippen molar-refractivity contribution in [3.8, 4) is 11.5 Å². The Morgan fingerprint density at radius 1 is 1.32 bits per heavy atom. The molecule has 132 valence electrons. The third kappa shape index (κ3) is 4.02. The van der Waals surface area contributed by atoms with Gasteiger partial charge in [0, 0.05) is 16.5 Å². The van der Waals surface area contributed by atoms with Crippen molar-refractivity contribution < 1.29 is 14.3 Å². The third-order valence-corrected chi connectivity index (χ3v) is 5.60. The normalized spacial score (nSPS) is 16.5. The number of carbonyl (C=O) groups excluding carboxylic acids is 1. The molecule has 0 bridgehead atoms. The van der Waals surface area contributed by atoms with Crippen molar-refractivity contribution in [3.63, 3.8) is 0 Å². The summed E-state index contributed by atoms with van der Waals surface area (Å²) in [4.78, 5) is 14.4. The van der Waals surface area contributed by atoms with E-state index in [9.17, 15) is 4.79 Å². The highest BCUT2D eigenvalue weighted by Gasteiger charge is 2.20. The summed E-state index contributed by atoms with van der Waals surface area (Å²) in [5.41, 5.74) is 4.68. The van der Waals surface area contributed by atoms with E-state index in [0.717, 1.165) is 23.3 Å². The SMILES string of the molecule is COc1ccc(/C=N/NC(=O)c2cc3c(s2)CCC(C)C3)c(OC)c1. The number of thiophene rings is 1. The van der Waals surface area contributed by atoms with Crippen molar-refractivity contribution in [2.75, 3.05) is 14.2 Å². The fraction of sp³-hybridized carbons (Fsp3) is 0.368. The van der Waals surface area contributed by atoms with Gasteiger partial charge in [-0.25, -0.2) is 5.43 Å². The molecule has 1 heterocycles. The molecule has 1 N–H and O–H groups in total. The van der Waals surface area contributed by atoms with Crippen LogP contribution in [0.1, 0.15) is 39.0 Å². The number of hydrogen-bond acceptors (Lipinski definition) is 5. The van der Waals surface area contributed by atoms with E-state index in [1.165, 1.54) is 16.9 Å². The lowest BCUT2D eigenvalue weighted by Gasteiger charge is -2.16. The highest BCUT2D eigenvalue weighted by Crippen LogP contribution is 2.32. The maximum Gasteiger partial charge on any atom is 0.281 e. The lowest BCUT2D eigenvalue weighted by molar-refractivity contribution is 0.0959. The van der Waals surface area contributed by atoms with E-state index in [1.807, 2.05) is 18.2 Å². The number of carbonyl (C=O) groups is 1. The van der Waals surface area contributed by atoms with Gasteiger partial charge < -0.3 is 9.47 Å². The van der Waals surface area contributed by atoms with Crippen molar-refractivity contribution in [3.05, 3.63) is 45.1 Å². The molecule has 1 aromatic heterocycles. The quantitative estimate of drug-likeness (QED) is 0.655. The molecule has 0 aliphatic heterocycles. The van der Waals surface area contributed by atoms with Gasteiger partial charge in [-0.1, -0.05) is 6.92 Å². The van der Waals surface area contributed by atoms with Crippen LogP contribution in [0, 0.1) is 5.92 Å². The monoisotopic (exact) mass is 358 g/mol. The molecule has 1 amide bonds. The van der Waals surface area contributed by atoms with Gasteiger partial charge >= 0.3 is 0 Å². The molecule has 5 nitrogen and oxygen atoms in total. The van der Waals surface area contributed by atoms with Gasteiger partial charge in [-0.15, -0.1) is 11.3 Å². The molecule has 6 heteroatoms. The van der Waals surface area contributed by atoms with Crippen LogP contribution in [0.15, 0.2) is 29.4 Å². The van der Waals surface area contributed by atoms with Crippen LogP contribution in [-0.4, -0.2) is 26.3 Å². The van der Waals surface area contributed by atoms with Gasteiger partial charge in [0.05, 0.1) is 25.3 Å². The Labute approximate surface area is 151 Å². The minimum atomic E-state index is -0.171. The van der Waals surface area contributed by atoms with E-state index < -0.39 is 0 Å². The number of amides is 1. The van der Waals surface area contributed by atoms with Gasteiger partial charge in [-0.2, -0.15) is 5.10 Å². The summed E-state index contributed by atoms with van der Waals surface area (Å²) in [6.45, 7) is 2.26. The van der Waals surface area contributed by atoms with Crippen LogP contribution in [0.3, 0.4) is 0 Å². The summed E-state index contributed by atoms with van der Waals surface area (Å²) in [7, 11) is 3.19. The number of ether oxygens (including phenoxy) is 2. The first-order valence-corrected chi connectivity index (χ1v) is 9.09. The van der Waals surface area contributed by atoms with Crippen LogP contribution >= 0.6 is 11.3 Å². The number of fused-ring (bicyclic) bond motifs is 1. The Hall–Kier alpha value is -2.34. The smallest absolute Gasteiger partial charge is 0.281 e. The molecule has 0 saturated heterocycles. The molecule has 1 aromatic carbocycles. The zero-order valence-electron chi connectivity index (χ0n) is 14.7. The summed E-state index contributed by atoms with van der Waals surface area (Å²) < 4.78 is 10.5. The molecular weight excluding hydrogens is 336 g/mol. The topological polar surface area (TPSA) is 59.9 Å². The van der Waals surface area contributed by atoms with Crippen molar-refractivity contribution >= 4 is 23.5 Å². The Morgan fingerprint density at radius 2 is 2.16 bits per heavy atom. The molecule has 2 aromatic rings. The fourth-order valence-electron chi connectivity index (χ4n) is 2.96. The predicted octanol–water partition coefficient (Wildman–Crippen LogP) is 3.65. The van der Waals surface area contributed by atoms with E-state index in [-0.39, 0.29) is 5.91 Å². The number of nitrogens with zero attached hydrogens (tertiary/aromatic N) is 1. The zero-order chi connectivity index (χ0) is 17.8. The average Bonchev–Trinajstić information content (AvgIpc) is 3.05. The highest BCUT2D eigenvalue weighted by molar-refractivity contribution is 7.14. The van der Waals surface area contributed by atoms with E-state index in [2.05, 4.69) is 17.5 Å². The Kier molecular flexibility index (Phi) is 5.38. The third-order valence-electron chi connectivity index (χ3n) is 4.36. The van der Waals surface area contributed by atoms with Gasteiger partial charge in [-0.05, 0) is 48.9 Å². The van der Waals surface area contributed by atoms with Crippen molar-refractivity contribution in [1.82, 2.24) is 5.43 Å². The van der Waals surface area contributed by atoms with Crippen LogP contribution in [-0.2, 0) is 12.8 Å². The number of hydrazone groups is 1. The van der Waals surface area contributed by atoms with E-state index in [1.54, 1.807) is 37.8 Å². The first kappa shape index (κ1) is 17.5. The van der Waals surface area contributed by atoms with Crippen LogP contribution in [0.2, 0.25) is 0 Å². The van der Waals surface area contributed by atoms with Gasteiger partial charge in [0.2, 0.25) is 0 Å². The zero-order valence-corrected chi connectivity index (χ0v) is 15.5. The summed E-state index contributed by atoms with van der Waals surface area (Å²) in [5.74, 6) is 1.86. The molecule has 1 atom stereocenters. The van der Waals surface area contributed by atoms with Crippen LogP contribution in [0.25, 0.3) is 0 Å². The molecule has 25 heavy (non-hydrogen) atoms. The molecular formula is C19H22N2O3S. The minimum absolute atomic E-state index is 0.171. The van der Waals surface area contributed by atoms with Gasteiger partial charge in [0.15, 0.2) is 0 Å². The fourth-order valence-corrected chi connectivity index (χ4v) is 4.06. The first-order chi connectivity index (χ1) is 12.1. The van der Waals surface area contributed by atoms with Crippen molar-refractivity contribution in [2.45, 2.75) is 26.2 Å². The number of benzene rings is 1. The molecule has 0 spiro atoms. The van der Waals surface area contributed by atoms with Crippen LogP contribution in [0.5, 0.6) is 11.5 Å². The Bertz CT molecular complexity index is 798. The lowest BCUT2D eigenvalue weighted by atomic mass is 9.90. The number of methoxy groups -OCH3 is 2. The Morgan fingerprint density at radius 3 is 2.92 bits per heavy atom. The summed E-state index contributed by atoms with van der Waals surface area (Å²) in [6.07, 6.45) is 4.90. The maximum atomic E-state index is 12.3. The average molecular weight is 358 g/mol. The number of hydrogen-bond donors (Lipinski definition) is 1. The van der Waals surface area contributed by atoms with Crippen LogP contribution < -0.4 is 14.9 Å². The molecule has 1 aliphatic rings. The summed E-state index contributed by atoms with van der Waals surface area (Å²) in [6, 6.07) is 7.44. The predicted molar refractivity (Wildman–Crippen MR) is 100 cm³/mol. The van der Waals surface area contributed by atoms with Crippen LogP contribution in [0.4, 0.5) is 0 Å². The Balaban J connectivity index is 1.67. The maximum absolute atomic E-state index is 12.3. The second-order valence-corrected chi connectivity index (χ2v) is 7.35. The number of rotatable bonds is 5. The lowest BCUT2D eigenvalue weighted by Crippen LogP contribution is -2.16. The number of nitrogens with one attached hydrogen (secondary N) is 1. The molecule has 1 aliphatic carbocycles. The highest BCUT2D eigenvalue weighted by atomic mass is 32.1. The molecule has 0 fully saturated rings.